The highest BCUT2D eigenvalue weighted by atomic mass is 32.2. The van der Waals surface area contributed by atoms with E-state index >= 15 is 0 Å². The number of aromatic nitrogens is 2. The Morgan fingerprint density at radius 2 is 1.84 bits per heavy atom. The molecular formula is C23H21N3O5S. The molecule has 1 aliphatic heterocycles. The van der Waals surface area contributed by atoms with Crippen LogP contribution < -0.4 is 10.5 Å². The number of anilines is 1. The van der Waals surface area contributed by atoms with E-state index in [0.29, 0.717) is 29.4 Å². The summed E-state index contributed by atoms with van der Waals surface area (Å²) < 4.78 is 5.93. The second-order valence-electron chi connectivity index (χ2n) is 7.29. The molecule has 1 saturated heterocycles. The van der Waals surface area contributed by atoms with Crippen molar-refractivity contribution in [3.63, 3.8) is 0 Å². The Balaban J connectivity index is 1.54. The largest absolute Gasteiger partial charge is 0.468 e. The predicted octanol–water partition coefficient (Wildman–Crippen LogP) is 2.67. The van der Waals surface area contributed by atoms with E-state index in [2.05, 4.69) is 4.98 Å². The number of para-hydroxylation sites is 1. The second-order valence-corrected chi connectivity index (χ2v) is 8.23. The molecule has 0 N–H and O–H groups in total. The Labute approximate surface area is 188 Å². The molecule has 32 heavy (non-hydrogen) atoms. The fraction of sp³-hybridized carbons (Fsp3) is 0.261. The molecule has 164 valence electrons. The molecule has 2 aromatic carbocycles. The third-order valence-electron chi connectivity index (χ3n) is 5.25. The van der Waals surface area contributed by atoms with Crippen molar-refractivity contribution in [2.45, 2.75) is 24.5 Å². The molecule has 0 aliphatic carbocycles. The van der Waals surface area contributed by atoms with Gasteiger partial charge in [0.1, 0.15) is 6.54 Å². The molecule has 2 heterocycles. The number of rotatable bonds is 7. The fourth-order valence-corrected chi connectivity index (χ4v) is 4.45. The molecule has 0 saturated carbocycles. The number of carbonyl (C=O) groups excluding carboxylic acids is 3. The molecule has 1 fully saturated rings. The number of fused-ring (bicyclic) bond motifs is 1. The number of hydrogen-bond acceptors (Lipinski definition) is 7. The molecule has 4 rings (SSSR count). The van der Waals surface area contributed by atoms with Gasteiger partial charge in [0.25, 0.3) is 5.56 Å². The topological polar surface area (TPSA) is 98.6 Å². The van der Waals surface area contributed by atoms with Crippen molar-refractivity contribution in [1.29, 1.82) is 0 Å². The van der Waals surface area contributed by atoms with Crippen LogP contribution in [0, 0.1) is 0 Å². The van der Waals surface area contributed by atoms with Crippen LogP contribution in [0.15, 0.2) is 58.5 Å². The van der Waals surface area contributed by atoms with Crippen molar-refractivity contribution >= 4 is 46.0 Å². The van der Waals surface area contributed by atoms with Gasteiger partial charge < -0.3 is 9.64 Å². The first-order valence-electron chi connectivity index (χ1n) is 10.1. The first kappa shape index (κ1) is 21.8. The van der Waals surface area contributed by atoms with E-state index in [1.807, 2.05) is 0 Å². The minimum Gasteiger partial charge on any atom is -0.468 e. The number of ketones is 1. The molecule has 0 radical (unpaired) electrons. The van der Waals surface area contributed by atoms with Crippen molar-refractivity contribution in [3.8, 4) is 0 Å². The number of benzene rings is 2. The molecule has 3 aromatic rings. The van der Waals surface area contributed by atoms with Gasteiger partial charge in [-0.05, 0) is 42.8 Å². The lowest BCUT2D eigenvalue weighted by Gasteiger charge is -2.15. The van der Waals surface area contributed by atoms with Crippen molar-refractivity contribution in [3.05, 3.63) is 64.4 Å². The summed E-state index contributed by atoms with van der Waals surface area (Å²) in [6, 6.07) is 13.8. The first-order valence-corrected chi connectivity index (χ1v) is 11.1. The molecule has 0 atom stereocenters. The maximum Gasteiger partial charge on any atom is 0.325 e. The van der Waals surface area contributed by atoms with Gasteiger partial charge in [-0.2, -0.15) is 0 Å². The third-order valence-corrected chi connectivity index (χ3v) is 6.22. The van der Waals surface area contributed by atoms with Gasteiger partial charge in [0.05, 0.1) is 23.8 Å². The van der Waals surface area contributed by atoms with E-state index in [9.17, 15) is 19.2 Å². The Morgan fingerprint density at radius 3 is 2.53 bits per heavy atom. The summed E-state index contributed by atoms with van der Waals surface area (Å²) in [6.07, 6.45) is 1.38. The van der Waals surface area contributed by atoms with Crippen LogP contribution in [0.1, 0.15) is 23.2 Å². The quantitative estimate of drug-likeness (QED) is 0.236. The maximum atomic E-state index is 12.9. The molecule has 1 aromatic heterocycles. The van der Waals surface area contributed by atoms with E-state index in [1.165, 1.54) is 11.7 Å². The summed E-state index contributed by atoms with van der Waals surface area (Å²) in [5, 5.41) is 0.658. The maximum absolute atomic E-state index is 12.9. The van der Waals surface area contributed by atoms with Crippen LogP contribution >= 0.6 is 11.8 Å². The summed E-state index contributed by atoms with van der Waals surface area (Å²) >= 11 is 1.09. The van der Waals surface area contributed by atoms with Crippen LogP contribution in [-0.2, 0) is 20.9 Å². The van der Waals surface area contributed by atoms with Gasteiger partial charge in [-0.1, -0.05) is 23.9 Å². The van der Waals surface area contributed by atoms with Gasteiger partial charge in [-0.3, -0.25) is 23.7 Å². The molecule has 9 heteroatoms. The highest BCUT2D eigenvalue weighted by molar-refractivity contribution is 7.99. The molecule has 1 aliphatic rings. The van der Waals surface area contributed by atoms with E-state index in [-0.39, 0.29) is 34.7 Å². The number of thioether (sulfide) groups is 1. The smallest absolute Gasteiger partial charge is 0.325 e. The fourth-order valence-electron chi connectivity index (χ4n) is 3.55. The molecular weight excluding hydrogens is 430 g/mol. The molecule has 1 amide bonds. The molecule has 8 nitrogen and oxygen atoms in total. The number of Topliss-reactive ketones (excluding diaryl/α,β-unsaturated/α-hetero) is 1. The lowest BCUT2D eigenvalue weighted by Crippen LogP contribution is -2.27. The zero-order valence-corrected chi connectivity index (χ0v) is 18.3. The van der Waals surface area contributed by atoms with Gasteiger partial charge >= 0.3 is 5.97 Å². The summed E-state index contributed by atoms with van der Waals surface area (Å²) in [7, 11) is 1.25. The van der Waals surface area contributed by atoms with Crippen LogP contribution in [0.2, 0.25) is 0 Å². The molecule has 0 unspecified atom stereocenters. The Morgan fingerprint density at radius 1 is 1.09 bits per heavy atom. The number of esters is 1. The van der Waals surface area contributed by atoms with E-state index in [0.717, 1.165) is 23.9 Å². The second kappa shape index (κ2) is 9.35. The van der Waals surface area contributed by atoms with E-state index in [4.69, 9.17) is 4.74 Å². The molecule has 0 spiro atoms. The summed E-state index contributed by atoms with van der Waals surface area (Å²) in [5.41, 5.74) is 1.40. The summed E-state index contributed by atoms with van der Waals surface area (Å²) in [6.45, 7) is 0.398. The lowest BCUT2D eigenvalue weighted by atomic mass is 10.1. The van der Waals surface area contributed by atoms with Crippen LogP contribution in [0.4, 0.5) is 5.69 Å². The monoisotopic (exact) mass is 451 g/mol. The third kappa shape index (κ3) is 4.43. The number of amides is 1. The number of nitrogens with zero attached hydrogens (tertiary/aromatic N) is 3. The normalized spacial score (nSPS) is 13.5. The van der Waals surface area contributed by atoms with Crippen LogP contribution in [0.5, 0.6) is 0 Å². The van der Waals surface area contributed by atoms with Crippen molar-refractivity contribution in [2.24, 2.45) is 0 Å². The SMILES string of the molecule is COC(=O)Cn1c(SCC(=O)c2ccc(N3CCCC3=O)cc2)nc2ccccc2c1=O. The van der Waals surface area contributed by atoms with Crippen LogP contribution in [-0.4, -0.2) is 46.6 Å². The average Bonchev–Trinajstić information content (AvgIpc) is 3.25. The molecule has 0 bridgehead atoms. The minimum atomic E-state index is -0.579. The zero-order valence-electron chi connectivity index (χ0n) is 17.4. The highest BCUT2D eigenvalue weighted by Gasteiger charge is 2.22. The zero-order chi connectivity index (χ0) is 22.7. The van der Waals surface area contributed by atoms with Crippen molar-refractivity contribution in [2.75, 3.05) is 24.3 Å². The Kier molecular flexibility index (Phi) is 6.36. The summed E-state index contributed by atoms with van der Waals surface area (Å²) in [5.74, 6) is -0.607. The lowest BCUT2D eigenvalue weighted by molar-refractivity contribution is -0.141. The highest BCUT2D eigenvalue weighted by Crippen LogP contribution is 2.23. The number of hydrogen-bond donors (Lipinski definition) is 0. The standard InChI is InChI=1S/C23H21N3O5S/c1-31-21(29)13-26-22(30)17-5-2-3-6-18(17)24-23(26)32-14-19(27)15-8-10-16(11-9-15)25-12-4-7-20(25)28/h2-3,5-6,8-11H,4,7,12-14H2,1H3. The van der Waals surface area contributed by atoms with Crippen molar-refractivity contribution in [1.82, 2.24) is 9.55 Å². The predicted molar refractivity (Wildman–Crippen MR) is 121 cm³/mol. The van der Waals surface area contributed by atoms with Gasteiger partial charge in [-0.25, -0.2) is 4.98 Å². The van der Waals surface area contributed by atoms with Gasteiger partial charge in [0, 0.05) is 24.2 Å². The first-order chi connectivity index (χ1) is 15.5. The minimum absolute atomic E-state index is 0.0357. The van der Waals surface area contributed by atoms with Gasteiger partial charge in [0.2, 0.25) is 5.91 Å². The van der Waals surface area contributed by atoms with Crippen molar-refractivity contribution < 1.29 is 19.1 Å². The van der Waals surface area contributed by atoms with Crippen LogP contribution in [0.3, 0.4) is 0 Å². The number of ether oxygens (including phenoxy) is 1. The Hall–Kier alpha value is -3.46. The van der Waals surface area contributed by atoms with Crippen LogP contribution in [0.25, 0.3) is 10.9 Å². The van der Waals surface area contributed by atoms with Gasteiger partial charge in [0.15, 0.2) is 10.9 Å². The number of methoxy groups -OCH3 is 1. The van der Waals surface area contributed by atoms with Gasteiger partial charge in [-0.15, -0.1) is 0 Å². The average molecular weight is 452 g/mol. The summed E-state index contributed by atoms with van der Waals surface area (Å²) in [4.78, 5) is 55.6. The number of carbonyl (C=O) groups is 3. The van der Waals surface area contributed by atoms with E-state index < -0.39 is 5.97 Å². The van der Waals surface area contributed by atoms with E-state index in [1.54, 1.807) is 53.4 Å². The Bertz CT molecular complexity index is 1250.